The lowest BCUT2D eigenvalue weighted by Crippen LogP contribution is -2.25. The van der Waals surface area contributed by atoms with Crippen LogP contribution in [0.5, 0.6) is 0 Å². The van der Waals surface area contributed by atoms with E-state index in [1.54, 1.807) is 0 Å². The molecule has 1 nitrogen and oxygen atoms in total. The van der Waals surface area contributed by atoms with E-state index in [2.05, 4.69) is 38.2 Å². The highest BCUT2D eigenvalue weighted by molar-refractivity contribution is 7.11. The van der Waals surface area contributed by atoms with E-state index in [1.807, 2.05) is 23.5 Å². The number of thiophene rings is 1. The van der Waals surface area contributed by atoms with Crippen LogP contribution in [0.3, 0.4) is 0 Å². The lowest BCUT2D eigenvalue weighted by atomic mass is 9.96. The van der Waals surface area contributed by atoms with Crippen LogP contribution in [0.1, 0.15) is 42.1 Å². The van der Waals surface area contributed by atoms with Crippen LogP contribution in [-0.2, 0) is 13.0 Å². The molecular formula is C17H22FNS. The minimum atomic E-state index is -0.179. The highest BCUT2D eigenvalue weighted by atomic mass is 32.1. The summed E-state index contributed by atoms with van der Waals surface area (Å²) in [6.45, 7) is 7.42. The van der Waals surface area contributed by atoms with Gasteiger partial charge in [-0.3, -0.25) is 0 Å². The summed E-state index contributed by atoms with van der Waals surface area (Å²) in [5.74, 6) is 0.285. The smallest absolute Gasteiger partial charge is 0.123 e. The summed E-state index contributed by atoms with van der Waals surface area (Å²) in [5.41, 5.74) is 1.15. The number of hydrogen-bond acceptors (Lipinski definition) is 2. The second-order valence-electron chi connectivity index (χ2n) is 5.38. The molecule has 0 spiro atoms. The van der Waals surface area contributed by atoms with Gasteiger partial charge in [-0.15, -0.1) is 11.3 Å². The Balaban J connectivity index is 2.04. The first-order chi connectivity index (χ1) is 9.60. The maximum atomic E-state index is 13.0. The molecule has 0 saturated heterocycles. The third kappa shape index (κ3) is 3.90. The van der Waals surface area contributed by atoms with Crippen LogP contribution in [0.2, 0.25) is 0 Å². The quantitative estimate of drug-likeness (QED) is 0.795. The Bertz CT molecular complexity index is 530. The van der Waals surface area contributed by atoms with E-state index in [9.17, 15) is 4.39 Å². The van der Waals surface area contributed by atoms with Gasteiger partial charge in [0.05, 0.1) is 0 Å². The Morgan fingerprint density at radius 1 is 1.05 bits per heavy atom. The number of benzene rings is 1. The van der Waals surface area contributed by atoms with Gasteiger partial charge in [0.1, 0.15) is 5.82 Å². The van der Waals surface area contributed by atoms with Crippen molar-refractivity contribution in [3.05, 3.63) is 57.5 Å². The van der Waals surface area contributed by atoms with E-state index < -0.39 is 0 Å². The van der Waals surface area contributed by atoms with Gasteiger partial charge in [-0.05, 0) is 42.2 Å². The molecule has 0 saturated carbocycles. The van der Waals surface area contributed by atoms with Crippen molar-refractivity contribution in [1.82, 2.24) is 5.32 Å². The van der Waals surface area contributed by atoms with Gasteiger partial charge in [-0.2, -0.15) is 0 Å². The molecule has 1 aromatic heterocycles. The molecule has 1 N–H and O–H groups in total. The van der Waals surface area contributed by atoms with E-state index in [1.165, 1.54) is 21.9 Å². The van der Waals surface area contributed by atoms with Crippen molar-refractivity contribution >= 4 is 11.3 Å². The normalized spacial score (nSPS) is 12.8. The highest BCUT2D eigenvalue weighted by Gasteiger charge is 2.15. The topological polar surface area (TPSA) is 12.0 Å². The van der Waals surface area contributed by atoms with E-state index in [4.69, 9.17) is 0 Å². The predicted molar refractivity (Wildman–Crippen MR) is 84.5 cm³/mol. The molecule has 0 fully saturated rings. The SMILES string of the molecule is CCc1ccc(CNC(c2ccc(F)cc2)C(C)C)s1. The van der Waals surface area contributed by atoms with Crippen molar-refractivity contribution in [2.75, 3.05) is 0 Å². The van der Waals surface area contributed by atoms with Crippen molar-refractivity contribution in [1.29, 1.82) is 0 Å². The fraction of sp³-hybridized carbons (Fsp3) is 0.412. The molecule has 0 radical (unpaired) electrons. The third-order valence-electron chi connectivity index (χ3n) is 3.46. The molecule has 2 aromatic rings. The Kier molecular flexibility index (Phi) is 5.32. The van der Waals surface area contributed by atoms with Crippen molar-refractivity contribution in [3.63, 3.8) is 0 Å². The Labute approximate surface area is 124 Å². The van der Waals surface area contributed by atoms with E-state index in [0.717, 1.165) is 18.5 Å². The molecule has 1 heterocycles. The minimum absolute atomic E-state index is 0.179. The van der Waals surface area contributed by atoms with Crippen molar-refractivity contribution in [2.24, 2.45) is 5.92 Å². The van der Waals surface area contributed by atoms with Crippen LogP contribution >= 0.6 is 11.3 Å². The molecule has 1 unspecified atom stereocenters. The molecular weight excluding hydrogens is 269 g/mol. The van der Waals surface area contributed by atoms with E-state index >= 15 is 0 Å². The van der Waals surface area contributed by atoms with Gasteiger partial charge in [0.15, 0.2) is 0 Å². The van der Waals surface area contributed by atoms with Crippen LogP contribution in [-0.4, -0.2) is 0 Å². The summed E-state index contributed by atoms with van der Waals surface area (Å²) in [6.07, 6.45) is 1.09. The summed E-state index contributed by atoms with van der Waals surface area (Å²) in [4.78, 5) is 2.78. The maximum Gasteiger partial charge on any atom is 0.123 e. The van der Waals surface area contributed by atoms with Gasteiger partial charge in [0.25, 0.3) is 0 Å². The van der Waals surface area contributed by atoms with Gasteiger partial charge in [0.2, 0.25) is 0 Å². The van der Waals surface area contributed by atoms with E-state index in [-0.39, 0.29) is 11.9 Å². The first-order valence-corrected chi connectivity index (χ1v) is 7.98. The van der Waals surface area contributed by atoms with Gasteiger partial charge < -0.3 is 5.32 Å². The second kappa shape index (κ2) is 7.00. The fourth-order valence-electron chi connectivity index (χ4n) is 2.33. The summed E-state index contributed by atoms with van der Waals surface area (Å²) in [5, 5.41) is 3.60. The molecule has 1 aromatic carbocycles. The van der Waals surface area contributed by atoms with Crippen LogP contribution in [0, 0.1) is 11.7 Å². The molecule has 108 valence electrons. The van der Waals surface area contributed by atoms with E-state index in [0.29, 0.717) is 5.92 Å². The van der Waals surface area contributed by atoms with Crippen LogP contribution in [0.25, 0.3) is 0 Å². The first-order valence-electron chi connectivity index (χ1n) is 7.16. The Morgan fingerprint density at radius 3 is 2.25 bits per heavy atom. The van der Waals surface area contributed by atoms with Gasteiger partial charge >= 0.3 is 0 Å². The van der Waals surface area contributed by atoms with Crippen molar-refractivity contribution in [3.8, 4) is 0 Å². The maximum absolute atomic E-state index is 13.0. The molecule has 0 amide bonds. The number of halogens is 1. The zero-order valence-electron chi connectivity index (χ0n) is 12.3. The van der Waals surface area contributed by atoms with Crippen molar-refractivity contribution < 1.29 is 4.39 Å². The Hall–Kier alpha value is -1.19. The monoisotopic (exact) mass is 291 g/mol. The lowest BCUT2D eigenvalue weighted by molar-refractivity contribution is 0.411. The third-order valence-corrected chi connectivity index (χ3v) is 4.69. The molecule has 1 atom stereocenters. The van der Waals surface area contributed by atoms with Crippen LogP contribution in [0.15, 0.2) is 36.4 Å². The minimum Gasteiger partial charge on any atom is -0.305 e. The predicted octanol–water partition coefficient (Wildman–Crippen LogP) is 4.94. The summed E-state index contributed by atoms with van der Waals surface area (Å²) in [7, 11) is 0. The Morgan fingerprint density at radius 2 is 1.70 bits per heavy atom. The largest absolute Gasteiger partial charge is 0.305 e. The molecule has 0 aliphatic carbocycles. The zero-order valence-corrected chi connectivity index (χ0v) is 13.1. The van der Waals surface area contributed by atoms with Crippen molar-refractivity contribution in [2.45, 2.75) is 39.8 Å². The number of hydrogen-bond donors (Lipinski definition) is 1. The van der Waals surface area contributed by atoms with Gasteiger partial charge in [0, 0.05) is 22.3 Å². The lowest BCUT2D eigenvalue weighted by Gasteiger charge is -2.22. The average Bonchev–Trinajstić information content (AvgIpc) is 2.88. The molecule has 0 aliphatic rings. The standard InChI is InChI=1S/C17H22FNS/c1-4-15-9-10-16(20-15)11-19-17(12(2)3)13-5-7-14(18)8-6-13/h5-10,12,17,19H,4,11H2,1-3H3. The summed E-state index contributed by atoms with van der Waals surface area (Å²) >= 11 is 1.86. The van der Waals surface area contributed by atoms with Gasteiger partial charge in [-0.1, -0.05) is 32.9 Å². The second-order valence-corrected chi connectivity index (χ2v) is 6.63. The summed E-state index contributed by atoms with van der Waals surface area (Å²) < 4.78 is 13.0. The molecule has 0 aliphatic heterocycles. The average molecular weight is 291 g/mol. The van der Waals surface area contributed by atoms with Gasteiger partial charge in [-0.25, -0.2) is 4.39 Å². The molecule has 2 rings (SSSR count). The van der Waals surface area contributed by atoms with Crippen LogP contribution < -0.4 is 5.32 Å². The number of rotatable bonds is 6. The number of nitrogens with one attached hydrogen (secondary N) is 1. The summed E-state index contributed by atoms with van der Waals surface area (Å²) in [6, 6.07) is 11.5. The number of aryl methyl sites for hydroxylation is 1. The zero-order chi connectivity index (χ0) is 14.5. The molecule has 3 heteroatoms. The van der Waals surface area contributed by atoms with Crippen LogP contribution in [0.4, 0.5) is 4.39 Å². The highest BCUT2D eigenvalue weighted by Crippen LogP contribution is 2.24. The molecule has 20 heavy (non-hydrogen) atoms. The first kappa shape index (κ1) is 15.2. The molecule has 0 bridgehead atoms. The fourth-order valence-corrected chi connectivity index (χ4v) is 3.24.